The van der Waals surface area contributed by atoms with Gasteiger partial charge < -0.3 is 20.1 Å². The highest BCUT2D eigenvalue weighted by Gasteiger charge is 2.23. The first-order valence-electron chi connectivity index (χ1n) is 8.71. The second-order valence-corrected chi connectivity index (χ2v) is 8.56. The Morgan fingerprint density at radius 2 is 2.03 bits per heavy atom. The van der Waals surface area contributed by atoms with Crippen LogP contribution in [0.1, 0.15) is 11.1 Å². The van der Waals surface area contributed by atoms with Crippen molar-refractivity contribution in [3.63, 3.8) is 0 Å². The molecule has 0 aliphatic carbocycles. The molecule has 9 heteroatoms. The van der Waals surface area contributed by atoms with Crippen LogP contribution in [0.4, 0.5) is 4.79 Å². The number of ether oxygens (including phenoxy) is 2. The van der Waals surface area contributed by atoms with E-state index in [1.807, 2.05) is 30.3 Å². The molecule has 0 aromatic heterocycles. The molecule has 2 aliphatic rings. The number of rotatable bonds is 5. The molecule has 2 aliphatic heterocycles. The number of carbonyl (C=O) groups is 2. The molecule has 2 aromatic carbocycles. The van der Waals surface area contributed by atoms with Crippen LogP contribution in [0.25, 0.3) is 6.08 Å². The summed E-state index contributed by atoms with van der Waals surface area (Å²) in [5, 5.41) is 5.76. The van der Waals surface area contributed by atoms with Crippen molar-refractivity contribution in [1.29, 1.82) is 0 Å². The van der Waals surface area contributed by atoms with E-state index in [-0.39, 0.29) is 18.0 Å². The third kappa shape index (κ3) is 4.90. The topological polar surface area (TPSA) is 76.7 Å². The van der Waals surface area contributed by atoms with E-state index in [1.54, 1.807) is 18.2 Å². The number of thiocarbonyl (C=S) groups is 1. The monoisotopic (exact) mass is 446 g/mol. The lowest BCUT2D eigenvalue weighted by molar-refractivity contribution is -0.115. The average molecular weight is 447 g/mol. The summed E-state index contributed by atoms with van der Waals surface area (Å²) in [7, 11) is 0. The van der Waals surface area contributed by atoms with Gasteiger partial charge in [0, 0.05) is 0 Å². The molecule has 0 spiro atoms. The number of thioether (sulfide) groups is 1. The lowest BCUT2D eigenvalue weighted by Gasteiger charge is -2.10. The summed E-state index contributed by atoms with van der Waals surface area (Å²) >= 11 is 12.5. The van der Waals surface area contributed by atoms with Gasteiger partial charge in [0.15, 0.2) is 0 Å². The summed E-state index contributed by atoms with van der Waals surface area (Å²) in [6.45, 7) is 0.376. The van der Waals surface area contributed by atoms with E-state index in [1.165, 1.54) is 11.8 Å². The Morgan fingerprint density at radius 1 is 1.24 bits per heavy atom. The van der Waals surface area contributed by atoms with Gasteiger partial charge in [0.1, 0.15) is 22.4 Å². The van der Waals surface area contributed by atoms with Crippen molar-refractivity contribution < 1.29 is 19.1 Å². The maximum absolute atomic E-state index is 11.8. The SMILES string of the molecule is O=C1NC(Cc2ccc(Oc3ccc(/C=C4/SC(=S)NC4=O)cc3Cl)cc2)CO1. The van der Waals surface area contributed by atoms with E-state index in [4.69, 9.17) is 33.3 Å². The summed E-state index contributed by atoms with van der Waals surface area (Å²) in [6.07, 6.45) is 2.04. The van der Waals surface area contributed by atoms with E-state index >= 15 is 0 Å². The third-order valence-electron chi connectivity index (χ3n) is 4.27. The van der Waals surface area contributed by atoms with Gasteiger partial charge in [-0.2, -0.15) is 0 Å². The molecule has 0 saturated carbocycles. The summed E-state index contributed by atoms with van der Waals surface area (Å²) in [4.78, 5) is 23.4. The van der Waals surface area contributed by atoms with Crippen LogP contribution in [0.15, 0.2) is 47.4 Å². The van der Waals surface area contributed by atoms with Crippen LogP contribution in [0.3, 0.4) is 0 Å². The fraction of sp³-hybridized carbons (Fsp3) is 0.150. The number of halogens is 1. The molecule has 0 bridgehead atoms. The molecule has 148 valence electrons. The fourth-order valence-corrected chi connectivity index (χ4v) is 4.18. The van der Waals surface area contributed by atoms with Gasteiger partial charge in [-0.15, -0.1) is 0 Å². The number of carbonyl (C=O) groups excluding carboxylic acids is 2. The zero-order valence-electron chi connectivity index (χ0n) is 14.9. The summed E-state index contributed by atoms with van der Waals surface area (Å²) in [6, 6.07) is 12.9. The zero-order chi connectivity index (χ0) is 20.4. The van der Waals surface area contributed by atoms with Crippen molar-refractivity contribution >= 4 is 58.0 Å². The molecule has 29 heavy (non-hydrogen) atoms. The van der Waals surface area contributed by atoms with Crippen LogP contribution in [0.5, 0.6) is 11.5 Å². The Labute approximate surface area is 181 Å². The summed E-state index contributed by atoms with van der Waals surface area (Å²) < 4.78 is 11.2. The first-order chi connectivity index (χ1) is 14.0. The maximum Gasteiger partial charge on any atom is 0.407 e. The average Bonchev–Trinajstić information content (AvgIpc) is 3.23. The van der Waals surface area contributed by atoms with E-state index in [9.17, 15) is 9.59 Å². The highest BCUT2D eigenvalue weighted by molar-refractivity contribution is 8.26. The zero-order valence-corrected chi connectivity index (χ0v) is 17.3. The first-order valence-corrected chi connectivity index (χ1v) is 10.3. The number of hydrogen-bond acceptors (Lipinski definition) is 6. The molecule has 2 heterocycles. The van der Waals surface area contributed by atoms with Gasteiger partial charge in [0.05, 0.1) is 16.0 Å². The molecule has 6 nitrogen and oxygen atoms in total. The van der Waals surface area contributed by atoms with Gasteiger partial charge in [-0.05, 0) is 47.9 Å². The van der Waals surface area contributed by atoms with Gasteiger partial charge in [0.25, 0.3) is 5.91 Å². The minimum Gasteiger partial charge on any atom is -0.456 e. The largest absolute Gasteiger partial charge is 0.456 e. The lowest BCUT2D eigenvalue weighted by Crippen LogP contribution is -2.28. The van der Waals surface area contributed by atoms with Crippen molar-refractivity contribution in [1.82, 2.24) is 10.6 Å². The summed E-state index contributed by atoms with van der Waals surface area (Å²) in [5.41, 5.74) is 1.84. The van der Waals surface area contributed by atoms with Gasteiger partial charge in [-0.1, -0.05) is 53.8 Å². The third-order valence-corrected chi connectivity index (χ3v) is 5.72. The number of amides is 2. The predicted molar refractivity (Wildman–Crippen MR) is 116 cm³/mol. The fourth-order valence-electron chi connectivity index (χ4n) is 2.90. The molecule has 1 unspecified atom stereocenters. The van der Waals surface area contributed by atoms with Crippen molar-refractivity contribution in [2.24, 2.45) is 0 Å². The van der Waals surface area contributed by atoms with Crippen LogP contribution in [0, 0.1) is 0 Å². The number of alkyl carbamates (subject to hydrolysis) is 1. The number of nitrogens with one attached hydrogen (secondary N) is 2. The normalized spacial score (nSPS) is 19.8. The molecule has 2 N–H and O–H groups in total. The Balaban J connectivity index is 1.41. The van der Waals surface area contributed by atoms with Crippen molar-refractivity contribution in [2.75, 3.05) is 6.61 Å². The van der Waals surface area contributed by atoms with Gasteiger partial charge >= 0.3 is 6.09 Å². The van der Waals surface area contributed by atoms with Gasteiger partial charge in [0.2, 0.25) is 0 Å². The molecule has 0 radical (unpaired) electrons. The smallest absolute Gasteiger partial charge is 0.407 e. The molecule has 2 saturated heterocycles. The Kier molecular flexibility index (Phi) is 5.75. The van der Waals surface area contributed by atoms with Crippen LogP contribution in [-0.4, -0.2) is 29.0 Å². The lowest BCUT2D eigenvalue weighted by atomic mass is 10.1. The van der Waals surface area contributed by atoms with Crippen molar-refractivity contribution in [2.45, 2.75) is 12.5 Å². The standard InChI is InChI=1S/C20H15ClN2O4S2/c21-15-8-12(9-17-18(24)23-20(28)29-17)3-6-16(15)27-14-4-1-11(2-5-14)7-13-10-26-19(25)22-13/h1-6,8-9,13H,7,10H2,(H,22,25)(H,23,24,28)/b17-9+. The highest BCUT2D eigenvalue weighted by Crippen LogP contribution is 2.32. The quantitative estimate of drug-likeness (QED) is 0.527. The van der Waals surface area contributed by atoms with E-state index in [0.29, 0.717) is 38.8 Å². The number of benzene rings is 2. The number of cyclic esters (lactones) is 1. The Bertz CT molecular complexity index is 1020. The van der Waals surface area contributed by atoms with E-state index < -0.39 is 0 Å². The molecule has 1 atom stereocenters. The van der Waals surface area contributed by atoms with Gasteiger partial charge in [-0.25, -0.2) is 4.79 Å². The second kappa shape index (κ2) is 8.44. The molecule has 4 rings (SSSR count). The molecular weight excluding hydrogens is 432 g/mol. The van der Waals surface area contributed by atoms with E-state index in [0.717, 1.165) is 11.1 Å². The van der Waals surface area contributed by atoms with Crippen molar-refractivity contribution in [3.05, 3.63) is 63.5 Å². The maximum atomic E-state index is 11.8. The van der Waals surface area contributed by atoms with Crippen LogP contribution >= 0.6 is 35.6 Å². The summed E-state index contributed by atoms with van der Waals surface area (Å²) in [5.74, 6) is 0.946. The highest BCUT2D eigenvalue weighted by atomic mass is 35.5. The Morgan fingerprint density at radius 3 is 2.66 bits per heavy atom. The molecule has 2 fully saturated rings. The van der Waals surface area contributed by atoms with Crippen LogP contribution < -0.4 is 15.4 Å². The van der Waals surface area contributed by atoms with E-state index in [2.05, 4.69) is 10.6 Å². The molecule has 2 amide bonds. The molecule has 2 aromatic rings. The Hall–Kier alpha value is -2.55. The van der Waals surface area contributed by atoms with Crippen LogP contribution in [-0.2, 0) is 16.0 Å². The predicted octanol–water partition coefficient (Wildman–Crippen LogP) is 4.27. The minimum absolute atomic E-state index is 0.0140. The number of hydrogen-bond donors (Lipinski definition) is 2. The molecular formula is C20H15ClN2O4S2. The second-order valence-electron chi connectivity index (χ2n) is 6.43. The van der Waals surface area contributed by atoms with Crippen molar-refractivity contribution in [3.8, 4) is 11.5 Å². The minimum atomic E-state index is -0.376. The van der Waals surface area contributed by atoms with Gasteiger partial charge in [-0.3, -0.25) is 4.79 Å². The van der Waals surface area contributed by atoms with Crippen LogP contribution in [0.2, 0.25) is 5.02 Å². The first kappa shape index (κ1) is 19.8.